The Labute approximate surface area is 169 Å². The van der Waals surface area contributed by atoms with Gasteiger partial charge in [0.25, 0.3) is 5.44 Å². The number of hydrogen-bond acceptors (Lipinski definition) is 7. The van der Waals surface area contributed by atoms with Gasteiger partial charge in [-0.25, -0.2) is 8.42 Å². The molecule has 1 saturated heterocycles. The number of benzene rings is 1. The molecule has 0 saturated carbocycles. The van der Waals surface area contributed by atoms with Crippen LogP contribution in [0.1, 0.15) is 23.8 Å². The highest BCUT2D eigenvalue weighted by Crippen LogP contribution is 2.32. The summed E-state index contributed by atoms with van der Waals surface area (Å²) in [6.45, 7) is 1.34. The molecule has 0 aliphatic carbocycles. The molecule has 0 bridgehead atoms. The van der Waals surface area contributed by atoms with Crippen molar-refractivity contribution in [2.24, 2.45) is 5.16 Å². The van der Waals surface area contributed by atoms with E-state index in [4.69, 9.17) is 4.84 Å². The maximum Gasteiger partial charge on any atom is 0.573 e. The molecule has 1 aromatic heterocycles. The summed E-state index contributed by atoms with van der Waals surface area (Å²) in [6.07, 6.45) is -2.49. The van der Waals surface area contributed by atoms with Crippen LogP contribution in [-0.2, 0) is 14.7 Å². The number of hydrogen-bond donors (Lipinski definition) is 2. The van der Waals surface area contributed by atoms with Gasteiger partial charge in [0.2, 0.25) is 15.4 Å². The number of rotatable bonds is 6. The lowest BCUT2D eigenvalue weighted by Gasteiger charge is -2.19. The third-order valence-corrected chi connectivity index (χ3v) is 6.05. The molecule has 0 amide bonds. The number of oxime groups is 1. The van der Waals surface area contributed by atoms with Crippen molar-refractivity contribution < 1.29 is 31.2 Å². The monoisotopic (exact) mass is 445 g/mol. The molecule has 1 atom stereocenters. The minimum atomic E-state index is -4.90. The van der Waals surface area contributed by atoms with Crippen LogP contribution in [0.4, 0.5) is 13.2 Å². The number of alkyl halides is 3. The molecule has 3 rings (SSSR count). The lowest BCUT2D eigenvalue weighted by Crippen LogP contribution is -2.28. The van der Waals surface area contributed by atoms with Gasteiger partial charge in [0.1, 0.15) is 5.75 Å². The number of H-pyrrole nitrogens is 1. The first-order valence-corrected chi connectivity index (χ1v) is 10.4. The summed E-state index contributed by atoms with van der Waals surface area (Å²) < 4.78 is 67.0. The Morgan fingerprint density at radius 3 is 2.33 bits per heavy atom. The quantitative estimate of drug-likeness (QED) is 0.662. The molecule has 1 aliphatic heterocycles. The minimum Gasteiger partial charge on any atom is -0.406 e. The second kappa shape index (κ2) is 8.88. The summed E-state index contributed by atoms with van der Waals surface area (Å²) in [5.41, 5.74) is -1.50. The Balaban J connectivity index is 1.93. The van der Waals surface area contributed by atoms with Crippen molar-refractivity contribution >= 4 is 15.5 Å². The summed E-state index contributed by atoms with van der Waals surface area (Å²) >= 11 is 0. The van der Waals surface area contributed by atoms with E-state index in [0.717, 1.165) is 30.3 Å². The predicted octanol–water partition coefficient (Wildman–Crippen LogP) is 2.50. The summed E-state index contributed by atoms with van der Waals surface area (Å²) in [5.74, 6) is -0.565. The molecule has 2 N–H and O–H groups in total. The number of halogens is 3. The van der Waals surface area contributed by atoms with E-state index < -0.39 is 32.9 Å². The Morgan fingerprint density at radius 2 is 1.73 bits per heavy atom. The van der Waals surface area contributed by atoms with E-state index in [1.54, 1.807) is 0 Å². The minimum absolute atomic E-state index is 0.0349. The van der Waals surface area contributed by atoms with Crippen LogP contribution in [0.2, 0.25) is 0 Å². The van der Waals surface area contributed by atoms with E-state index in [0.29, 0.717) is 31.6 Å². The van der Waals surface area contributed by atoms with E-state index in [-0.39, 0.29) is 10.5 Å². The summed E-state index contributed by atoms with van der Waals surface area (Å²) in [6, 6.07) is 6.12. The predicted molar refractivity (Wildman–Crippen MR) is 101 cm³/mol. The van der Waals surface area contributed by atoms with Crippen LogP contribution >= 0.6 is 0 Å². The van der Waals surface area contributed by atoms with Crippen molar-refractivity contribution in [3.05, 3.63) is 58.5 Å². The van der Waals surface area contributed by atoms with Crippen LogP contribution in [0.15, 0.2) is 57.4 Å². The summed E-state index contributed by atoms with van der Waals surface area (Å²) in [4.78, 5) is 19.1. The van der Waals surface area contributed by atoms with Gasteiger partial charge < -0.3 is 19.9 Å². The molecule has 8 nitrogen and oxygen atoms in total. The van der Waals surface area contributed by atoms with Crippen molar-refractivity contribution in [2.45, 2.75) is 29.5 Å². The van der Waals surface area contributed by atoms with Crippen molar-refractivity contribution in [3.8, 4) is 5.75 Å². The first-order chi connectivity index (χ1) is 14.1. The number of aromatic amines is 1. The number of nitrogens with zero attached hydrogens (tertiary/aromatic N) is 1. The number of piperidine rings is 1. The fraction of sp³-hybridized carbons (Fsp3) is 0.333. The first kappa shape index (κ1) is 21.8. The average molecular weight is 445 g/mol. The van der Waals surface area contributed by atoms with Crippen LogP contribution in [0.3, 0.4) is 0 Å². The number of ether oxygens (including phenoxy) is 1. The van der Waals surface area contributed by atoms with Gasteiger partial charge in [-0.3, -0.25) is 4.79 Å². The Hall–Kier alpha value is -2.86. The average Bonchev–Trinajstić information content (AvgIpc) is 2.68. The molecular weight excluding hydrogens is 427 g/mol. The van der Waals surface area contributed by atoms with Crippen molar-refractivity contribution in [3.63, 3.8) is 0 Å². The normalized spacial score (nSPS) is 16.0. The van der Waals surface area contributed by atoms with Gasteiger partial charge in [-0.15, -0.1) is 13.2 Å². The summed E-state index contributed by atoms with van der Waals surface area (Å²) in [7, 11) is -4.27. The van der Waals surface area contributed by atoms with Gasteiger partial charge in [-0.1, -0.05) is 5.16 Å². The van der Waals surface area contributed by atoms with Crippen LogP contribution < -0.4 is 15.6 Å². The third kappa shape index (κ3) is 5.60. The van der Waals surface area contributed by atoms with Gasteiger partial charge in [-0.05, 0) is 30.3 Å². The molecular formula is C18H18F3N3O5S. The fourth-order valence-electron chi connectivity index (χ4n) is 2.79. The highest BCUT2D eigenvalue weighted by molar-refractivity contribution is 7.91. The van der Waals surface area contributed by atoms with Crippen LogP contribution in [0, 0.1) is 0 Å². The maximum atomic E-state index is 13.1. The molecule has 12 heteroatoms. The molecule has 2 heterocycles. The van der Waals surface area contributed by atoms with Crippen molar-refractivity contribution in [1.29, 1.82) is 0 Å². The van der Waals surface area contributed by atoms with Crippen molar-refractivity contribution in [2.75, 3.05) is 13.1 Å². The van der Waals surface area contributed by atoms with Gasteiger partial charge in [0.05, 0.1) is 10.6 Å². The van der Waals surface area contributed by atoms with E-state index >= 15 is 0 Å². The number of nitrogens with one attached hydrogen (secondary N) is 2. The molecule has 162 valence electrons. The zero-order valence-corrected chi connectivity index (χ0v) is 16.3. The highest BCUT2D eigenvalue weighted by Gasteiger charge is 2.34. The topological polar surface area (TPSA) is 110 Å². The number of aromatic nitrogens is 1. The highest BCUT2D eigenvalue weighted by atomic mass is 32.2. The molecule has 1 fully saturated rings. The molecule has 30 heavy (non-hydrogen) atoms. The molecule has 2 aromatic rings. The maximum absolute atomic E-state index is 13.1. The van der Waals surface area contributed by atoms with Crippen LogP contribution in [0.5, 0.6) is 5.75 Å². The fourth-order valence-corrected chi connectivity index (χ4v) is 4.21. The Bertz CT molecular complexity index is 1060. The Kier molecular flexibility index (Phi) is 6.46. The van der Waals surface area contributed by atoms with E-state index in [1.165, 1.54) is 12.3 Å². The molecule has 0 radical (unpaired) electrons. The van der Waals surface area contributed by atoms with Gasteiger partial charge >= 0.3 is 6.36 Å². The lowest BCUT2D eigenvalue weighted by molar-refractivity contribution is -0.274. The largest absolute Gasteiger partial charge is 0.573 e. The third-order valence-electron chi connectivity index (χ3n) is 4.20. The molecule has 0 spiro atoms. The van der Waals surface area contributed by atoms with E-state index in [2.05, 4.69) is 20.2 Å². The van der Waals surface area contributed by atoms with E-state index in [9.17, 15) is 26.4 Å². The summed E-state index contributed by atoms with van der Waals surface area (Å²) in [5, 5.41) is 7.09. The zero-order chi connectivity index (χ0) is 21.8. The van der Waals surface area contributed by atoms with E-state index in [1.807, 2.05) is 0 Å². The SMILES string of the molecule is O=c1cc(C(ON=C2CCNCC2)S(=O)(=O)c2ccc(OC(F)(F)F)cc2)cc[nH]1. The standard InChI is InChI=1S/C18H18F3N3O5S/c19-18(20,21)28-14-1-3-15(4-2-14)30(26,27)17(12-5-10-23-16(25)11-12)29-24-13-6-8-22-9-7-13/h1-5,10-11,17,22H,6-9H2,(H,23,25). The molecule has 1 unspecified atom stereocenters. The molecule has 1 aliphatic rings. The number of pyridine rings is 1. The molecule has 1 aromatic carbocycles. The second-order valence-electron chi connectivity index (χ2n) is 6.40. The van der Waals surface area contributed by atoms with Crippen LogP contribution in [0.25, 0.3) is 0 Å². The number of sulfone groups is 1. The zero-order valence-electron chi connectivity index (χ0n) is 15.5. The van der Waals surface area contributed by atoms with Crippen LogP contribution in [-0.4, -0.2) is 38.6 Å². The Morgan fingerprint density at radius 1 is 1.07 bits per heavy atom. The van der Waals surface area contributed by atoms with Gasteiger partial charge in [-0.2, -0.15) is 0 Å². The lowest BCUT2D eigenvalue weighted by atomic mass is 10.1. The second-order valence-corrected chi connectivity index (χ2v) is 8.38. The van der Waals surface area contributed by atoms with Crippen molar-refractivity contribution in [1.82, 2.24) is 10.3 Å². The smallest absolute Gasteiger partial charge is 0.406 e. The van der Waals surface area contributed by atoms with Gasteiger partial charge in [0, 0.05) is 43.8 Å². The van der Waals surface area contributed by atoms with Gasteiger partial charge in [0.15, 0.2) is 0 Å². The first-order valence-electron chi connectivity index (χ1n) is 8.86.